The Kier molecular flexibility index (Phi) is 6.59. The number of amides is 1. The maximum absolute atomic E-state index is 12.2. The molecule has 4 nitrogen and oxygen atoms in total. The molecule has 1 aromatic rings. The molecule has 0 bridgehead atoms. The lowest BCUT2D eigenvalue weighted by molar-refractivity contribution is 0.0923. The lowest BCUT2D eigenvalue weighted by atomic mass is 9.91. The van der Waals surface area contributed by atoms with E-state index in [0.717, 1.165) is 25.7 Å². The topological polar surface area (TPSA) is 64.3 Å². The van der Waals surface area contributed by atoms with Gasteiger partial charge < -0.3 is 15.8 Å². The molecule has 0 unspecified atom stereocenters. The van der Waals surface area contributed by atoms with Crippen molar-refractivity contribution >= 4 is 29.9 Å². The van der Waals surface area contributed by atoms with Gasteiger partial charge in [0.2, 0.25) is 0 Å². The number of hydrogen-bond acceptors (Lipinski definition) is 3. The van der Waals surface area contributed by atoms with Crippen molar-refractivity contribution in [3.63, 3.8) is 0 Å². The van der Waals surface area contributed by atoms with Crippen LogP contribution in [0.4, 0.5) is 0 Å². The Morgan fingerprint density at radius 1 is 1.35 bits per heavy atom. The van der Waals surface area contributed by atoms with Gasteiger partial charge in [0.1, 0.15) is 5.75 Å². The van der Waals surface area contributed by atoms with Gasteiger partial charge in [-0.1, -0.05) is 11.6 Å². The van der Waals surface area contributed by atoms with Crippen molar-refractivity contribution in [2.45, 2.75) is 37.8 Å². The van der Waals surface area contributed by atoms with E-state index >= 15 is 0 Å². The number of halogens is 2. The average Bonchev–Trinajstić information content (AvgIpc) is 2.41. The first-order chi connectivity index (χ1) is 9.10. The normalized spacial score (nSPS) is 21.8. The standard InChI is InChI=1S/C14H19ClN2O2.ClH/c1-19-13-7-2-9(15)8-12(13)14(18)17-11-5-3-10(16)4-6-11;/h2,7-8,10-11H,3-6,16H2,1H3,(H,17,18);1H. The molecule has 0 radical (unpaired) electrons. The van der Waals surface area contributed by atoms with Crippen LogP contribution in [-0.4, -0.2) is 25.1 Å². The van der Waals surface area contributed by atoms with Crippen molar-refractivity contribution in [1.82, 2.24) is 5.32 Å². The van der Waals surface area contributed by atoms with Crippen LogP contribution in [0, 0.1) is 0 Å². The third kappa shape index (κ3) is 4.27. The fourth-order valence-corrected chi connectivity index (χ4v) is 2.56. The molecule has 1 aliphatic carbocycles. The number of methoxy groups -OCH3 is 1. The van der Waals surface area contributed by atoms with Crippen molar-refractivity contribution in [3.8, 4) is 5.75 Å². The minimum atomic E-state index is -0.139. The third-order valence-electron chi connectivity index (χ3n) is 3.51. The van der Waals surface area contributed by atoms with Crippen LogP contribution in [0.25, 0.3) is 0 Å². The molecule has 0 aromatic heterocycles. The Morgan fingerprint density at radius 2 is 2.00 bits per heavy atom. The zero-order chi connectivity index (χ0) is 13.8. The lowest BCUT2D eigenvalue weighted by Gasteiger charge is -2.27. The summed E-state index contributed by atoms with van der Waals surface area (Å²) in [6.07, 6.45) is 3.76. The highest BCUT2D eigenvalue weighted by molar-refractivity contribution is 6.31. The first-order valence-corrected chi connectivity index (χ1v) is 6.88. The van der Waals surface area contributed by atoms with E-state index in [1.54, 1.807) is 25.3 Å². The Balaban J connectivity index is 0.00000200. The monoisotopic (exact) mass is 318 g/mol. The van der Waals surface area contributed by atoms with Crippen LogP contribution in [-0.2, 0) is 0 Å². The number of rotatable bonds is 3. The highest BCUT2D eigenvalue weighted by Crippen LogP contribution is 2.24. The molecule has 0 saturated heterocycles. The van der Waals surface area contributed by atoms with Gasteiger partial charge in [0, 0.05) is 17.1 Å². The van der Waals surface area contributed by atoms with Crippen molar-refractivity contribution in [1.29, 1.82) is 0 Å². The Morgan fingerprint density at radius 3 is 2.60 bits per heavy atom. The molecule has 20 heavy (non-hydrogen) atoms. The lowest BCUT2D eigenvalue weighted by Crippen LogP contribution is -2.40. The molecular formula is C14H20Cl2N2O2. The minimum absolute atomic E-state index is 0. The van der Waals surface area contributed by atoms with Crippen LogP contribution in [0.1, 0.15) is 36.0 Å². The van der Waals surface area contributed by atoms with Gasteiger partial charge in [-0.2, -0.15) is 0 Å². The minimum Gasteiger partial charge on any atom is -0.496 e. The molecule has 112 valence electrons. The molecule has 0 spiro atoms. The summed E-state index contributed by atoms with van der Waals surface area (Å²) in [6, 6.07) is 5.50. The van der Waals surface area contributed by atoms with Gasteiger partial charge in [-0.3, -0.25) is 4.79 Å². The van der Waals surface area contributed by atoms with Gasteiger partial charge in [-0.25, -0.2) is 0 Å². The van der Waals surface area contributed by atoms with E-state index < -0.39 is 0 Å². The molecule has 1 saturated carbocycles. The summed E-state index contributed by atoms with van der Waals surface area (Å²) in [5.74, 6) is 0.397. The van der Waals surface area contributed by atoms with Crippen molar-refractivity contribution in [2.24, 2.45) is 5.73 Å². The maximum atomic E-state index is 12.2. The average molecular weight is 319 g/mol. The highest BCUT2D eigenvalue weighted by Gasteiger charge is 2.22. The second-order valence-electron chi connectivity index (χ2n) is 4.93. The van der Waals surface area contributed by atoms with Crippen LogP contribution in [0.2, 0.25) is 5.02 Å². The predicted octanol–water partition coefficient (Wildman–Crippen LogP) is 2.77. The largest absolute Gasteiger partial charge is 0.496 e. The fourth-order valence-electron chi connectivity index (χ4n) is 2.38. The van der Waals surface area contributed by atoms with Crippen molar-refractivity contribution in [3.05, 3.63) is 28.8 Å². The Labute approximate surface area is 130 Å². The van der Waals surface area contributed by atoms with Crippen LogP contribution in [0.3, 0.4) is 0 Å². The summed E-state index contributed by atoms with van der Waals surface area (Å²) >= 11 is 5.93. The summed E-state index contributed by atoms with van der Waals surface area (Å²) in [7, 11) is 1.54. The molecule has 0 aliphatic heterocycles. The van der Waals surface area contributed by atoms with Crippen LogP contribution >= 0.6 is 24.0 Å². The van der Waals surface area contributed by atoms with E-state index in [-0.39, 0.29) is 30.4 Å². The van der Waals surface area contributed by atoms with Crippen LogP contribution < -0.4 is 15.8 Å². The molecule has 0 heterocycles. The number of nitrogens with one attached hydrogen (secondary N) is 1. The first kappa shape index (κ1) is 17.1. The smallest absolute Gasteiger partial charge is 0.255 e. The zero-order valence-corrected chi connectivity index (χ0v) is 13.0. The van der Waals surface area contributed by atoms with E-state index in [1.165, 1.54) is 0 Å². The molecule has 1 fully saturated rings. The quantitative estimate of drug-likeness (QED) is 0.900. The second kappa shape index (κ2) is 7.72. The van der Waals surface area contributed by atoms with Gasteiger partial charge in [-0.15, -0.1) is 12.4 Å². The molecule has 0 atom stereocenters. The van der Waals surface area contributed by atoms with Gasteiger partial charge >= 0.3 is 0 Å². The zero-order valence-electron chi connectivity index (χ0n) is 11.4. The van der Waals surface area contributed by atoms with Gasteiger partial charge in [0.15, 0.2) is 0 Å². The molecule has 3 N–H and O–H groups in total. The summed E-state index contributed by atoms with van der Waals surface area (Å²) in [6.45, 7) is 0. The summed E-state index contributed by atoms with van der Waals surface area (Å²) < 4.78 is 5.19. The molecule has 2 rings (SSSR count). The number of benzene rings is 1. The number of hydrogen-bond donors (Lipinski definition) is 2. The summed E-state index contributed by atoms with van der Waals surface area (Å²) in [4.78, 5) is 12.2. The first-order valence-electron chi connectivity index (χ1n) is 6.50. The number of carbonyl (C=O) groups excluding carboxylic acids is 1. The van der Waals surface area contributed by atoms with Crippen LogP contribution in [0.5, 0.6) is 5.75 Å². The Hall–Kier alpha value is -0.970. The maximum Gasteiger partial charge on any atom is 0.255 e. The summed E-state index contributed by atoms with van der Waals surface area (Å²) in [5, 5.41) is 3.55. The SMILES string of the molecule is COc1ccc(Cl)cc1C(=O)NC1CCC(N)CC1.Cl. The summed E-state index contributed by atoms with van der Waals surface area (Å²) in [5.41, 5.74) is 6.33. The van der Waals surface area contributed by atoms with Crippen LogP contribution in [0.15, 0.2) is 18.2 Å². The predicted molar refractivity (Wildman–Crippen MR) is 82.9 cm³/mol. The van der Waals surface area contributed by atoms with E-state index in [4.69, 9.17) is 22.1 Å². The third-order valence-corrected chi connectivity index (χ3v) is 3.75. The fraction of sp³-hybridized carbons (Fsp3) is 0.500. The molecule has 1 aromatic carbocycles. The molecule has 1 aliphatic rings. The molecular weight excluding hydrogens is 299 g/mol. The van der Waals surface area contributed by atoms with E-state index in [2.05, 4.69) is 5.32 Å². The molecule has 1 amide bonds. The van der Waals surface area contributed by atoms with Crippen molar-refractivity contribution in [2.75, 3.05) is 7.11 Å². The number of nitrogens with two attached hydrogens (primary N) is 1. The Bertz CT molecular complexity index is 460. The molecule has 6 heteroatoms. The van der Waals surface area contributed by atoms with Gasteiger partial charge in [0.25, 0.3) is 5.91 Å². The van der Waals surface area contributed by atoms with Gasteiger partial charge in [0.05, 0.1) is 12.7 Å². The van der Waals surface area contributed by atoms with Crippen molar-refractivity contribution < 1.29 is 9.53 Å². The van der Waals surface area contributed by atoms with Gasteiger partial charge in [-0.05, 0) is 43.9 Å². The van der Waals surface area contributed by atoms with E-state index in [1.807, 2.05) is 0 Å². The second-order valence-corrected chi connectivity index (χ2v) is 5.37. The number of ether oxygens (including phenoxy) is 1. The van der Waals surface area contributed by atoms with E-state index in [0.29, 0.717) is 16.3 Å². The van der Waals surface area contributed by atoms with E-state index in [9.17, 15) is 4.79 Å². The number of carbonyl (C=O) groups is 1. The highest BCUT2D eigenvalue weighted by atomic mass is 35.5.